The van der Waals surface area contributed by atoms with Crippen LogP contribution in [0.25, 0.3) is 11.1 Å². The SMILES string of the molecule is Cc1ccccc1S(=O)(=O)N(C)C[C@@H]1OCc2ccccc2-c2ccccc2C(=O)N([C@@H](C)CO)C[C@@H]1C. The van der Waals surface area contributed by atoms with Crippen LogP contribution in [0.3, 0.4) is 0 Å². The van der Waals surface area contributed by atoms with Crippen LogP contribution in [0.4, 0.5) is 0 Å². The van der Waals surface area contributed by atoms with Gasteiger partial charge in [-0.15, -0.1) is 0 Å². The second-order valence-electron chi connectivity index (χ2n) is 10.1. The summed E-state index contributed by atoms with van der Waals surface area (Å²) in [4.78, 5) is 15.8. The van der Waals surface area contributed by atoms with E-state index in [-0.39, 0.29) is 36.5 Å². The third kappa shape index (κ3) is 5.68. The number of amides is 1. The molecule has 0 fully saturated rings. The van der Waals surface area contributed by atoms with E-state index in [1.165, 1.54) is 4.31 Å². The molecule has 1 aliphatic rings. The van der Waals surface area contributed by atoms with Gasteiger partial charge < -0.3 is 14.7 Å². The predicted octanol–water partition coefficient (Wildman–Crippen LogP) is 4.34. The second kappa shape index (κ2) is 11.8. The zero-order valence-electron chi connectivity index (χ0n) is 22.4. The molecule has 0 saturated heterocycles. The number of rotatable bonds is 6. The lowest BCUT2D eigenvalue weighted by Gasteiger charge is -2.35. The molecule has 0 saturated carbocycles. The molecule has 1 aliphatic heterocycles. The Bertz CT molecular complexity index is 1390. The Morgan fingerprint density at radius 2 is 1.61 bits per heavy atom. The van der Waals surface area contributed by atoms with E-state index in [0.29, 0.717) is 17.7 Å². The van der Waals surface area contributed by atoms with Gasteiger partial charge in [-0.1, -0.05) is 67.6 Å². The van der Waals surface area contributed by atoms with Crippen molar-refractivity contribution in [2.75, 3.05) is 26.7 Å². The van der Waals surface area contributed by atoms with E-state index in [1.807, 2.05) is 68.4 Å². The first-order chi connectivity index (χ1) is 18.1. The van der Waals surface area contributed by atoms with Crippen LogP contribution in [-0.2, 0) is 21.4 Å². The average Bonchev–Trinajstić information content (AvgIpc) is 2.94. The van der Waals surface area contributed by atoms with Gasteiger partial charge in [0.1, 0.15) is 0 Å². The van der Waals surface area contributed by atoms with Gasteiger partial charge >= 0.3 is 0 Å². The Kier molecular flexibility index (Phi) is 8.67. The minimum atomic E-state index is -3.75. The van der Waals surface area contributed by atoms with Gasteiger partial charge in [-0.25, -0.2) is 8.42 Å². The van der Waals surface area contributed by atoms with Gasteiger partial charge in [0.2, 0.25) is 10.0 Å². The van der Waals surface area contributed by atoms with E-state index in [4.69, 9.17) is 4.74 Å². The molecular formula is C30H36N2O5S. The van der Waals surface area contributed by atoms with Crippen LogP contribution in [0.2, 0.25) is 0 Å². The fraction of sp³-hybridized carbons (Fsp3) is 0.367. The largest absolute Gasteiger partial charge is 0.394 e. The van der Waals surface area contributed by atoms with Crippen molar-refractivity contribution in [3.8, 4) is 11.1 Å². The van der Waals surface area contributed by atoms with E-state index in [9.17, 15) is 18.3 Å². The standard InChI is InChI=1S/C30H36N2O5S/c1-21-11-5-10-16-29(21)38(35,36)31(4)18-28-22(2)17-32(23(3)19-33)30(34)27-15-9-8-14-26(27)25-13-7-6-12-24(25)20-37-28/h5-16,22-23,28,33H,17-20H2,1-4H3/t22-,23-,28-/m0/s1. The molecule has 7 nitrogen and oxygen atoms in total. The summed E-state index contributed by atoms with van der Waals surface area (Å²) in [6.07, 6.45) is -0.505. The Morgan fingerprint density at radius 3 is 2.29 bits per heavy atom. The number of fused-ring (bicyclic) bond motifs is 3. The summed E-state index contributed by atoms with van der Waals surface area (Å²) in [7, 11) is -2.19. The van der Waals surface area contributed by atoms with Gasteiger partial charge in [-0.3, -0.25) is 4.79 Å². The van der Waals surface area contributed by atoms with Crippen molar-refractivity contribution in [3.63, 3.8) is 0 Å². The normalized spacial score (nSPS) is 19.4. The van der Waals surface area contributed by atoms with Crippen molar-refractivity contribution in [3.05, 3.63) is 89.5 Å². The predicted molar refractivity (Wildman–Crippen MR) is 148 cm³/mol. The van der Waals surface area contributed by atoms with Gasteiger partial charge in [0, 0.05) is 31.6 Å². The first-order valence-electron chi connectivity index (χ1n) is 12.9. The fourth-order valence-electron chi connectivity index (χ4n) is 4.92. The Labute approximate surface area is 225 Å². The molecule has 0 radical (unpaired) electrons. The molecule has 1 N–H and O–H groups in total. The van der Waals surface area contributed by atoms with Crippen molar-refractivity contribution in [2.24, 2.45) is 5.92 Å². The van der Waals surface area contributed by atoms with Crippen molar-refractivity contribution < 1.29 is 23.1 Å². The van der Waals surface area contributed by atoms with Gasteiger partial charge in [0.15, 0.2) is 0 Å². The molecule has 3 aromatic rings. The zero-order valence-corrected chi connectivity index (χ0v) is 23.2. The number of carbonyl (C=O) groups excluding carboxylic acids is 1. The maximum absolute atomic E-state index is 13.9. The Hall–Kier alpha value is -3.04. The molecule has 0 aliphatic carbocycles. The molecule has 202 valence electrons. The van der Waals surface area contributed by atoms with Crippen LogP contribution in [-0.4, -0.2) is 67.5 Å². The summed E-state index contributed by atoms with van der Waals surface area (Å²) in [5, 5.41) is 10.00. The third-order valence-corrected chi connectivity index (χ3v) is 9.30. The first kappa shape index (κ1) is 28.0. The minimum absolute atomic E-state index is 0.114. The molecule has 0 aromatic heterocycles. The maximum atomic E-state index is 13.9. The number of carbonyl (C=O) groups is 1. The second-order valence-corrected chi connectivity index (χ2v) is 12.1. The lowest BCUT2D eigenvalue weighted by molar-refractivity contribution is -0.0146. The van der Waals surface area contributed by atoms with Gasteiger partial charge in [-0.2, -0.15) is 4.31 Å². The molecule has 0 unspecified atom stereocenters. The molecule has 8 heteroatoms. The highest BCUT2D eigenvalue weighted by Crippen LogP contribution is 2.31. The summed E-state index contributed by atoms with van der Waals surface area (Å²) in [6.45, 7) is 6.04. The van der Waals surface area contributed by atoms with E-state index >= 15 is 0 Å². The zero-order chi connectivity index (χ0) is 27.4. The van der Waals surface area contributed by atoms with E-state index in [0.717, 1.165) is 16.7 Å². The van der Waals surface area contributed by atoms with Crippen molar-refractivity contribution in [1.82, 2.24) is 9.21 Å². The van der Waals surface area contributed by atoms with Gasteiger partial charge in [0.25, 0.3) is 5.91 Å². The number of hydrogen-bond acceptors (Lipinski definition) is 5. The number of likely N-dealkylation sites (N-methyl/N-ethyl adjacent to an activating group) is 1. The lowest BCUT2D eigenvalue weighted by atomic mass is 9.94. The summed E-state index contributed by atoms with van der Waals surface area (Å²) < 4.78 is 34.7. The quantitative estimate of drug-likeness (QED) is 0.507. The summed E-state index contributed by atoms with van der Waals surface area (Å²) in [6, 6.07) is 21.8. The number of ether oxygens (including phenoxy) is 1. The number of aliphatic hydroxyl groups is 1. The number of aliphatic hydroxyl groups excluding tert-OH is 1. The molecule has 3 atom stereocenters. The third-order valence-electron chi connectivity index (χ3n) is 7.31. The molecule has 4 rings (SSSR count). The molecule has 38 heavy (non-hydrogen) atoms. The van der Waals surface area contributed by atoms with Crippen molar-refractivity contribution in [2.45, 2.75) is 44.4 Å². The van der Waals surface area contributed by atoms with E-state index < -0.39 is 22.2 Å². The van der Waals surface area contributed by atoms with Crippen LogP contribution in [0.15, 0.2) is 77.7 Å². The van der Waals surface area contributed by atoms with Crippen LogP contribution in [0, 0.1) is 12.8 Å². The lowest BCUT2D eigenvalue weighted by Crippen LogP contribution is -2.47. The topological polar surface area (TPSA) is 87.2 Å². The highest BCUT2D eigenvalue weighted by Gasteiger charge is 2.33. The molecular weight excluding hydrogens is 500 g/mol. The van der Waals surface area contributed by atoms with E-state index in [2.05, 4.69) is 0 Å². The molecule has 1 amide bonds. The number of nitrogens with zero attached hydrogens (tertiary/aromatic N) is 2. The smallest absolute Gasteiger partial charge is 0.254 e. The number of aryl methyl sites for hydroxylation is 1. The van der Waals surface area contributed by atoms with Crippen LogP contribution in [0.1, 0.15) is 35.3 Å². The summed E-state index contributed by atoms with van der Waals surface area (Å²) >= 11 is 0. The molecule has 0 spiro atoms. The highest BCUT2D eigenvalue weighted by atomic mass is 32.2. The fourth-order valence-corrected chi connectivity index (χ4v) is 6.32. The molecule has 0 bridgehead atoms. The van der Waals surface area contributed by atoms with Crippen molar-refractivity contribution in [1.29, 1.82) is 0 Å². The first-order valence-corrected chi connectivity index (χ1v) is 14.3. The maximum Gasteiger partial charge on any atom is 0.254 e. The minimum Gasteiger partial charge on any atom is -0.394 e. The molecule has 3 aromatic carbocycles. The number of hydrogen-bond donors (Lipinski definition) is 1. The van der Waals surface area contributed by atoms with Crippen LogP contribution >= 0.6 is 0 Å². The average molecular weight is 537 g/mol. The summed E-state index contributed by atoms with van der Waals surface area (Å²) in [5.41, 5.74) is 3.85. The molecule has 1 heterocycles. The Morgan fingerprint density at radius 1 is 1.00 bits per heavy atom. The van der Waals surface area contributed by atoms with Crippen LogP contribution < -0.4 is 0 Å². The van der Waals surface area contributed by atoms with Crippen molar-refractivity contribution >= 4 is 15.9 Å². The number of benzene rings is 3. The monoisotopic (exact) mass is 536 g/mol. The highest BCUT2D eigenvalue weighted by molar-refractivity contribution is 7.89. The van der Waals surface area contributed by atoms with E-state index in [1.54, 1.807) is 37.1 Å². The number of sulfonamides is 1. The Balaban J connectivity index is 1.74. The summed E-state index contributed by atoms with van der Waals surface area (Å²) in [5.74, 6) is -0.398. The van der Waals surface area contributed by atoms with Gasteiger partial charge in [0.05, 0.1) is 30.3 Å². The van der Waals surface area contributed by atoms with Gasteiger partial charge in [-0.05, 0) is 48.2 Å². The van der Waals surface area contributed by atoms with Crippen LogP contribution in [0.5, 0.6) is 0 Å².